The fraction of sp³-hybridized carbons (Fsp3) is 0.0732. The lowest BCUT2D eigenvalue weighted by Crippen LogP contribution is -2.57. The number of hydrogen-bond donors (Lipinski definition) is 0. The van der Waals surface area contributed by atoms with E-state index in [9.17, 15) is 0 Å². The quantitative estimate of drug-likeness (QED) is 0.165. The van der Waals surface area contributed by atoms with Crippen LogP contribution in [0.2, 0.25) is 0 Å². The van der Waals surface area contributed by atoms with Gasteiger partial charge in [0.05, 0.1) is 17.1 Å². The zero-order chi connectivity index (χ0) is 30.1. The van der Waals surface area contributed by atoms with Crippen LogP contribution in [0.1, 0.15) is 25.0 Å². The van der Waals surface area contributed by atoms with Gasteiger partial charge >= 0.3 is 6.85 Å². The summed E-state index contributed by atoms with van der Waals surface area (Å²) >= 11 is 0. The molecule has 2 aromatic heterocycles. The summed E-state index contributed by atoms with van der Waals surface area (Å²) in [6.07, 6.45) is 0. The monoisotopic (exact) mass is 588 g/mol. The van der Waals surface area contributed by atoms with Crippen LogP contribution in [0.3, 0.4) is 0 Å². The molecule has 8 aromatic rings. The third-order valence-electron chi connectivity index (χ3n) is 11.1. The van der Waals surface area contributed by atoms with Gasteiger partial charge in [-0.3, -0.25) is 0 Å². The van der Waals surface area contributed by atoms with Crippen molar-refractivity contribution in [1.29, 1.82) is 0 Å². The molecule has 0 radical (unpaired) electrons. The molecule has 0 N–H and O–H groups in total. The first kappa shape index (κ1) is 23.7. The molecule has 0 saturated heterocycles. The predicted molar refractivity (Wildman–Crippen MR) is 187 cm³/mol. The van der Waals surface area contributed by atoms with E-state index in [1.54, 1.807) is 0 Å². The Morgan fingerprint density at radius 3 is 2.37 bits per heavy atom. The molecular weight excluding hydrogens is 563 g/mol. The molecule has 5 heterocycles. The van der Waals surface area contributed by atoms with Gasteiger partial charge in [-0.05, 0) is 57.9 Å². The molecule has 0 amide bonds. The number of anilines is 3. The third-order valence-corrected chi connectivity index (χ3v) is 11.1. The van der Waals surface area contributed by atoms with Crippen LogP contribution in [0.15, 0.2) is 120 Å². The SMILES string of the molecule is CC1(C)c2ccccc2-c2c1c1cccc3c1n2B1c2cccc4c2N(c2ccccc2O4)c2c1c-3cc1c2oc2ccccc21. The molecule has 0 atom stereocenters. The average Bonchev–Trinajstić information content (AvgIpc) is 3.71. The number of aromatic nitrogens is 1. The second-order valence-corrected chi connectivity index (χ2v) is 13.6. The maximum Gasteiger partial charge on any atom is 0.333 e. The van der Waals surface area contributed by atoms with Crippen LogP contribution in [0.5, 0.6) is 11.5 Å². The molecule has 0 saturated carbocycles. The minimum atomic E-state index is -0.129. The largest absolute Gasteiger partial charge is 0.454 e. The van der Waals surface area contributed by atoms with E-state index in [0.717, 1.165) is 50.5 Å². The molecule has 3 aliphatic heterocycles. The summed E-state index contributed by atoms with van der Waals surface area (Å²) in [4.78, 5) is 2.43. The summed E-state index contributed by atoms with van der Waals surface area (Å²) in [5, 5.41) is 3.62. The Morgan fingerprint density at radius 1 is 0.652 bits per heavy atom. The van der Waals surface area contributed by atoms with Crippen LogP contribution in [0.4, 0.5) is 17.1 Å². The molecule has 12 rings (SSSR count). The first-order valence-corrected chi connectivity index (χ1v) is 16.1. The van der Waals surface area contributed by atoms with E-state index in [1.807, 2.05) is 6.07 Å². The van der Waals surface area contributed by atoms with Crippen LogP contribution in [0.25, 0.3) is 55.2 Å². The van der Waals surface area contributed by atoms with Crippen LogP contribution < -0.4 is 20.6 Å². The Morgan fingerprint density at radius 2 is 1.41 bits per heavy atom. The van der Waals surface area contributed by atoms with Gasteiger partial charge in [-0.2, -0.15) is 0 Å². The van der Waals surface area contributed by atoms with Gasteiger partial charge in [0.25, 0.3) is 0 Å². The van der Waals surface area contributed by atoms with E-state index in [2.05, 4.69) is 132 Å². The van der Waals surface area contributed by atoms with Crippen molar-refractivity contribution in [3.05, 3.63) is 126 Å². The third kappa shape index (κ3) is 2.46. The minimum Gasteiger partial charge on any atom is -0.454 e. The van der Waals surface area contributed by atoms with Crippen LogP contribution >= 0.6 is 0 Å². The number of ether oxygens (including phenoxy) is 1. The molecule has 4 aliphatic rings. The maximum absolute atomic E-state index is 6.88. The summed E-state index contributed by atoms with van der Waals surface area (Å²) in [6.45, 7) is 4.72. The molecular formula is C41H25BN2O2. The molecule has 214 valence electrons. The van der Waals surface area contributed by atoms with E-state index < -0.39 is 0 Å². The molecule has 0 spiro atoms. The first-order valence-electron chi connectivity index (χ1n) is 16.1. The Balaban J connectivity index is 1.34. The summed E-state index contributed by atoms with van der Waals surface area (Å²) in [5.74, 6) is 1.72. The second-order valence-electron chi connectivity index (χ2n) is 13.6. The highest BCUT2D eigenvalue weighted by Gasteiger charge is 2.50. The lowest BCUT2D eigenvalue weighted by molar-refractivity contribution is 0.477. The van der Waals surface area contributed by atoms with Crippen LogP contribution in [-0.4, -0.2) is 11.3 Å². The molecule has 6 aromatic carbocycles. The number of hydrogen-bond acceptors (Lipinski definition) is 3. The Kier molecular flexibility index (Phi) is 3.90. The van der Waals surface area contributed by atoms with E-state index in [-0.39, 0.29) is 12.3 Å². The number of para-hydroxylation sites is 5. The first-order chi connectivity index (χ1) is 22.6. The van der Waals surface area contributed by atoms with Crippen molar-refractivity contribution in [3.63, 3.8) is 0 Å². The van der Waals surface area contributed by atoms with E-state index in [1.165, 1.54) is 55.3 Å². The summed E-state index contributed by atoms with van der Waals surface area (Å²) in [5.41, 5.74) is 16.8. The Bertz CT molecular complexity index is 2730. The Labute approximate surface area is 265 Å². The van der Waals surface area contributed by atoms with E-state index >= 15 is 0 Å². The molecule has 0 unspecified atom stereocenters. The maximum atomic E-state index is 6.88. The highest BCUT2D eigenvalue weighted by Crippen LogP contribution is 2.58. The number of rotatable bonds is 0. The fourth-order valence-corrected chi connectivity index (χ4v) is 9.39. The van der Waals surface area contributed by atoms with Crippen molar-refractivity contribution >= 4 is 67.7 Å². The topological polar surface area (TPSA) is 30.5 Å². The zero-order valence-corrected chi connectivity index (χ0v) is 25.3. The lowest BCUT2D eigenvalue weighted by atomic mass is 9.44. The number of furan rings is 1. The summed E-state index contributed by atoms with van der Waals surface area (Å²) in [7, 11) is 0. The molecule has 1 aliphatic carbocycles. The van der Waals surface area contributed by atoms with Gasteiger partial charge in [0.15, 0.2) is 17.1 Å². The summed E-state index contributed by atoms with van der Waals surface area (Å²) < 4.78 is 16.2. The second kappa shape index (κ2) is 7.57. The molecule has 0 fully saturated rings. The van der Waals surface area contributed by atoms with Crippen LogP contribution in [0, 0.1) is 0 Å². The van der Waals surface area contributed by atoms with E-state index in [0.29, 0.717) is 0 Å². The number of benzene rings is 6. The van der Waals surface area contributed by atoms with Gasteiger partial charge < -0.3 is 18.5 Å². The summed E-state index contributed by atoms with van der Waals surface area (Å²) in [6, 6.07) is 41.7. The van der Waals surface area contributed by atoms with Gasteiger partial charge in [0, 0.05) is 43.9 Å². The van der Waals surface area contributed by atoms with Gasteiger partial charge in [0.1, 0.15) is 5.58 Å². The zero-order valence-electron chi connectivity index (χ0n) is 25.3. The smallest absolute Gasteiger partial charge is 0.333 e. The Hall–Kier alpha value is -5.68. The molecule has 5 heteroatoms. The van der Waals surface area contributed by atoms with Crippen LogP contribution in [-0.2, 0) is 5.41 Å². The standard InChI is InChI=1S/C41H25BN2O2/c1-41(2)28-15-5-3-12-24(28)37-34(41)25-14-9-13-23-26-21-27-22-11-4-7-18-31(22)46-40(27)39-35(26)42(44(37)36(23)25)29-16-10-20-33-38(29)43(39)30-17-6-8-19-32(30)45-33/h3-21H,1-2H3. The van der Waals surface area contributed by atoms with Gasteiger partial charge in [0.2, 0.25) is 0 Å². The number of fused-ring (bicyclic) bond motifs is 15. The number of nitrogens with zero attached hydrogens (tertiary/aromatic N) is 2. The van der Waals surface area contributed by atoms with Crippen molar-refractivity contribution in [2.45, 2.75) is 19.3 Å². The molecule has 4 nitrogen and oxygen atoms in total. The van der Waals surface area contributed by atoms with Crippen molar-refractivity contribution in [1.82, 2.24) is 4.48 Å². The normalized spacial score (nSPS) is 15.4. The van der Waals surface area contributed by atoms with Crippen molar-refractivity contribution in [3.8, 4) is 33.9 Å². The lowest BCUT2D eigenvalue weighted by Gasteiger charge is -2.43. The van der Waals surface area contributed by atoms with Crippen molar-refractivity contribution in [2.24, 2.45) is 0 Å². The molecule has 0 bridgehead atoms. The van der Waals surface area contributed by atoms with Crippen molar-refractivity contribution < 1.29 is 9.15 Å². The van der Waals surface area contributed by atoms with Gasteiger partial charge in [-0.1, -0.05) is 98.8 Å². The highest BCUT2D eigenvalue weighted by molar-refractivity contribution is 6.90. The predicted octanol–water partition coefficient (Wildman–Crippen LogP) is 9.37. The highest BCUT2D eigenvalue weighted by atomic mass is 16.5. The fourth-order valence-electron chi connectivity index (χ4n) is 9.39. The molecule has 46 heavy (non-hydrogen) atoms. The van der Waals surface area contributed by atoms with E-state index in [4.69, 9.17) is 9.15 Å². The average molecular weight is 588 g/mol. The van der Waals surface area contributed by atoms with Gasteiger partial charge in [-0.25, -0.2) is 0 Å². The van der Waals surface area contributed by atoms with Gasteiger partial charge in [-0.15, -0.1) is 0 Å². The van der Waals surface area contributed by atoms with Crippen molar-refractivity contribution in [2.75, 3.05) is 4.90 Å². The minimum absolute atomic E-state index is 0.0641.